The van der Waals surface area contributed by atoms with Gasteiger partial charge in [-0.25, -0.2) is 19.5 Å². The van der Waals surface area contributed by atoms with E-state index in [0.29, 0.717) is 0 Å². The van der Waals surface area contributed by atoms with E-state index in [-0.39, 0.29) is 39.5 Å². The van der Waals surface area contributed by atoms with E-state index in [0.717, 1.165) is 17.2 Å². The number of nitriles is 1. The fourth-order valence-electron chi connectivity index (χ4n) is 5.39. The Hall–Kier alpha value is -4.01. The standard InChI is InChI=1S/C22H24N10O13P2/c23-1-7-2-31(17-10(7)16(24)26-5-27-17)20-13(35)14(44-46(37)38)9(43-20)4-41-47(39,40)45-15-12(34)8(3-33)42-21(15)32-6-28-11-18(32)29-22(25)30-19(11)36/h2,5-6,8-9,12-15,20-21,33-35H,3-4H2,(H6-,24,25,26,27,29,30,36,37,38,39,40)/p+1/t8-,9-,12-,13-,14-,15-,20-,21-/m1/s1. The van der Waals surface area contributed by atoms with Crippen LogP contribution in [0.3, 0.4) is 0 Å². The van der Waals surface area contributed by atoms with Crippen molar-refractivity contribution in [2.24, 2.45) is 0 Å². The van der Waals surface area contributed by atoms with Crippen molar-refractivity contribution < 1.29 is 57.3 Å². The van der Waals surface area contributed by atoms with Crippen LogP contribution in [0.2, 0.25) is 0 Å². The predicted molar refractivity (Wildman–Crippen MR) is 151 cm³/mol. The molecule has 2 unspecified atom stereocenters. The number of nitrogens with zero attached hydrogens (tertiary/aromatic N) is 7. The Bertz CT molecular complexity index is 2000. The second-order valence-electron chi connectivity index (χ2n) is 10.2. The van der Waals surface area contributed by atoms with Crippen LogP contribution in [-0.4, -0.2) is 109 Å². The summed E-state index contributed by atoms with van der Waals surface area (Å²) in [5, 5.41) is 41.2. The SMILES string of the molecule is N#Cc1cn([C@@H]2O[C@H](COP(=O)(O)O[C@@H]3[C@H](O)[C@@H](CO)O[C@H]3n3cnc4c(=O)[nH]c(N)nc43)[C@@H](O[P+](=O)O)[C@H]2O)c2ncnc(N)c12. The summed E-state index contributed by atoms with van der Waals surface area (Å²) in [6, 6.07) is 1.92. The first-order chi connectivity index (χ1) is 22.3. The van der Waals surface area contributed by atoms with Gasteiger partial charge in [-0.1, -0.05) is 0 Å². The van der Waals surface area contributed by atoms with Gasteiger partial charge in [0.25, 0.3) is 5.56 Å². The molecule has 2 fully saturated rings. The monoisotopic (exact) mass is 699 g/mol. The molecule has 0 aromatic carbocycles. The van der Waals surface area contributed by atoms with Crippen LogP contribution in [0.15, 0.2) is 23.6 Å². The van der Waals surface area contributed by atoms with Crippen LogP contribution in [0.25, 0.3) is 22.2 Å². The lowest BCUT2D eigenvalue weighted by molar-refractivity contribution is -0.0607. The fraction of sp³-hybridized carbons (Fsp3) is 0.455. The molecule has 4 aromatic heterocycles. The van der Waals surface area contributed by atoms with Crippen molar-refractivity contribution in [2.45, 2.75) is 49.1 Å². The molecule has 2 aliphatic heterocycles. The van der Waals surface area contributed by atoms with Gasteiger partial charge >= 0.3 is 16.1 Å². The summed E-state index contributed by atoms with van der Waals surface area (Å²) < 4.78 is 53.8. The second kappa shape index (κ2) is 12.5. The van der Waals surface area contributed by atoms with Crippen LogP contribution in [0.1, 0.15) is 18.0 Å². The minimum absolute atomic E-state index is 0.0220. The molecule has 4 aromatic rings. The molecule has 0 radical (unpaired) electrons. The molecule has 6 heterocycles. The number of aromatic amines is 1. The molecule has 47 heavy (non-hydrogen) atoms. The average molecular weight is 699 g/mol. The molecule has 0 bridgehead atoms. The number of aromatic nitrogens is 7. The van der Waals surface area contributed by atoms with E-state index < -0.39 is 83.9 Å². The number of nitrogen functional groups attached to an aromatic ring is 2. The Morgan fingerprint density at radius 1 is 1.11 bits per heavy atom. The molecule has 2 saturated heterocycles. The van der Waals surface area contributed by atoms with Crippen molar-refractivity contribution in [3.05, 3.63) is 34.8 Å². The van der Waals surface area contributed by atoms with Gasteiger partial charge in [0.2, 0.25) is 5.95 Å². The van der Waals surface area contributed by atoms with Crippen molar-refractivity contribution in [3.63, 3.8) is 0 Å². The van der Waals surface area contributed by atoms with Crippen LogP contribution < -0.4 is 17.0 Å². The van der Waals surface area contributed by atoms with Gasteiger partial charge in [0, 0.05) is 10.8 Å². The number of imidazole rings is 1. The first-order valence-corrected chi connectivity index (χ1v) is 16.0. The molecule has 25 heteroatoms. The number of phosphoric acid groups is 1. The quantitative estimate of drug-likeness (QED) is 0.0803. The largest absolute Gasteiger partial charge is 0.695 e. The van der Waals surface area contributed by atoms with Gasteiger partial charge in [-0.3, -0.25) is 23.4 Å². The number of ether oxygens (including phenoxy) is 2. The van der Waals surface area contributed by atoms with Crippen LogP contribution in [0, 0.1) is 11.3 Å². The zero-order valence-electron chi connectivity index (χ0n) is 23.4. The maximum Gasteiger partial charge on any atom is 0.695 e. The lowest BCUT2D eigenvalue weighted by Gasteiger charge is -2.24. The van der Waals surface area contributed by atoms with Crippen molar-refractivity contribution in [2.75, 3.05) is 24.7 Å². The normalized spacial score (nSPS) is 29.3. The smallest absolute Gasteiger partial charge is 0.394 e. The van der Waals surface area contributed by atoms with Gasteiger partial charge in [-0.05, 0) is 0 Å². The highest BCUT2D eigenvalue weighted by Gasteiger charge is 2.53. The van der Waals surface area contributed by atoms with E-state index in [1.807, 2.05) is 6.07 Å². The molecule has 250 valence electrons. The lowest BCUT2D eigenvalue weighted by Crippen LogP contribution is -2.36. The number of fused-ring (bicyclic) bond motifs is 2. The summed E-state index contributed by atoms with van der Waals surface area (Å²) in [5.74, 6) is -0.335. The van der Waals surface area contributed by atoms with Gasteiger partial charge < -0.3 is 45.7 Å². The molecule has 2 aliphatic rings. The highest BCUT2D eigenvalue weighted by molar-refractivity contribution is 7.47. The highest BCUT2D eigenvalue weighted by atomic mass is 31.2. The number of hydrogen-bond donors (Lipinski definition) is 8. The maximum absolute atomic E-state index is 13.2. The summed E-state index contributed by atoms with van der Waals surface area (Å²) in [5.41, 5.74) is 10.6. The van der Waals surface area contributed by atoms with Gasteiger partial charge in [0.15, 0.2) is 29.7 Å². The Morgan fingerprint density at radius 2 is 1.85 bits per heavy atom. The van der Waals surface area contributed by atoms with E-state index in [4.69, 9.17) is 34.5 Å². The van der Waals surface area contributed by atoms with Crippen molar-refractivity contribution in [1.29, 1.82) is 5.26 Å². The summed E-state index contributed by atoms with van der Waals surface area (Å²) in [6.45, 7) is -1.64. The molecule has 10 atom stereocenters. The number of aliphatic hydroxyl groups excluding tert-OH is 3. The third-order valence-corrected chi connectivity index (χ3v) is 8.84. The van der Waals surface area contributed by atoms with E-state index in [9.17, 15) is 44.3 Å². The van der Waals surface area contributed by atoms with Gasteiger partial charge in [0.05, 0.1) is 30.5 Å². The molecule has 0 saturated carbocycles. The van der Waals surface area contributed by atoms with E-state index >= 15 is 0 Å². The number of rotatable bonds is 10. The van der Waals surface area contributed by atoms with Crippen LogP contribution in [0.5, 0.6) is 0 Å². The van der Waals surface area contributed by atoms with Gasteiger partial charge in [-0.2, -0.15) is 10.2 Å². The molecular formula is C22H25N10O13P2+. The third kappa shape index (κ3) is 5.98. The molecule has 0 spiro atoms. The van der Waals surface area contributed by atoms with Crippen LogP contribution in [-0.2, 0) is 32.2 Å². The Morgan fingerprint density at radius 3 is 2.55 bits per heavy atom. The van der Waals surface area contributed by atoms with E-state index in [1.165, 1.54) is 10.8 Å². The zero-order valence-corrected chi connectivity index (χ0v) is 25.2. The predicted octanol–water partition coefficient (Wildman–Crippen LogP) is -2.35. The summed E-state index contributed by atoms with van der Waals surface area (Å²) in [4.78, 5) is 50.4. The summed E-state index contributed by atoms with van der Waals surface area (Å²) in [7, 11) is -8.55. The van der Waals surface area contributed by atoms with E-state index in [2.05, 4.69) is 24.9 Å². The minimum atomic E-state index is -5.21. The Balaban J connectivity index is 1.24. The number of phosphoric ester groups is 1. The maximum atomic E-state index is 13.2. The first kappa shape index (κ1) is 32.9. The average Bonchev–Trinajstić information content (AvgIpc) is 3.76. The molecule has 6 rings (SSSR count). The number of aliphatic hydroxyl groups is 3. The number of hydrogen-bond acceptors (Lipinski definition) is 18. The number of nitrogens with one attached hydrogen (secondary N) is 1. The lowest BCUT2D eigenvalue weighted by atomic mass is 10.1. The van der Waals surface area contributed by atoms with Crippen LogP contribution in [0.4, 0.5) is 11.8 Å². The number of H-pyrrole nitrogens is 1. The number of anilines is 2. The van der Waals surface area contributed by atoms with Gasteiger partial charge in [0.1, 0.15) is 54.4 Å². The van der Waals surface area contributed by atoms with Crippen molar-refractivity contribution in [3.8, 4) is 6.07 Å². The zero-order chi connectivity index (χ0) is 33.8. The molecule has 0 aliphatic carbocycles. The molecule has 0 amide bonds. The summed E-state index contributed by atoms with van der Waals surface area (Å²) >= 11 is 0. The van der Waals surface area contributed by atoms with Crippen molar-refractivity contribution >= 4 is 50.0 Å². The topological polar surface area (TPSA) is 352 Å². The highest BCUT2D eigenvalue weighted by Crippen LogP contribution is 2.50. The molecule has 10 N–H and O–H groups in total. The first-order valence-electron chi connectivity index (χ1n) is 13.3. The van der Waals surface area contributed by atoms with Gasteiger partial charge in [-0.15, -0.1) is 9.42 Å². The molecule has 23 nitrogen and oxygen atoms in total. The Labute approximate surface area is 261 Å². The van der Waals surface area contributed by atoms with Crippen molar-refractivity contribution in [1.82, 2.24) is 34.1 Å². The van der Waals surface area contributed by atoms with E-state index in [1.54, 1.807) is 0 Å². The Kier molecular flexibility index (Phi) is 8.79. The summed E-state index contributed by atoms with van der Waals surface area (Å²) in [6.07, 6.45) is -9.13. The molecular weight excluding hydrogens is 674 g/mol. The number of nitrogens with two attached hydrogens (primary N) is 2. The van der Waals surface area contributed by atoms with Crippen LogP contribution >= 0.6 is 16.1 Å². The minimum Gasteiger partial charge on any atom is -0.394 e. The second-order valence-corrected chi connectivity index (χ2v) is 12.3. The fourth-order valence-corrected chi connectivity index (χ4v) is 6.79. The third-order valence-electron chi connectivity index (χ3n) is 7.43.